The van der Waals surface area contributed by atoms with E-state index in [9.17, 15) is 4.79 Å². The summed E-state index contributed by atoms with van der Waals surface area (Å²) in [6.45, 7) is 13.5. The van der Waals surface area contributed by atoms with Crippen molar-refractivity contribution in [3.8, 4) is 0 Å². The molecule has 0 radical (unpaired) electrons. The number of nitrogens with zero attached hydrogens (tertiary/aromatic N) is 3. The first-order chi connectivity index (χ1) is 18.8. The second kappa shape index (κ2) is 13.9. The highest BCUT2D eigenvalue weighted by molar-refractivity contribution is 5.87. The lowest BCUT2D eigenvalue weighted by atomic mass is 10.0. The van der Waals surface area contributed by atoms with Gasteiger partial charge in [-0.05, 0) is 62.2 Å². The molecule has 1 unspecified atom stereocenters. The third-order valence-electron chi connectivity index (χ3n) is 7.68. The smallest absolute Gasteiger partial charge is 0.335 e. The van der Waals surface area contributed by atoms with E-state index in [2.05, 4.69) is 102 Å². The standard InChI is InChI=1S/C33H44N4O2/c1-25(19-35(4)22-28-9-6-5-7-10-28)34-18-30-11-8-12-31(17-30)24-37-26(2)20-36(21-27(37)3)23-29-13-15-32(16-14-29)33(38)39/h5-17,25-27,34H,18-24H2,1-4H3,(H,38,39)/t25?,26-,27+. The minimum Gasteiger partial charge on any atom is -0.478 e. The number of carbonyl (C=O) groups is 1. The zero-order chi connectivity index (χ0) is 27.8. The van der Waals surface area contributed by atoms with E-state index >= 15 is 0 Å². The number of carboxylic acids is 1. The summed E-state index contributed by atoms with van der Waals surface area (Å²) in [5.41, 5.74) is 5.54. The van der Waals surface area contributed by atoms with Crippen LogP contribution in [0, 0.1) is 0 Å². The number of nitrogens with one attached hydrogen (secondary N) is 1. The molecule has 0 spiro atoms. The van der Waals surface area contributed by atoms with Crippen LogP contribution < -0.4 is 5.32 Å². The summed E-state index contributed by atoms with van der Waals surface area (Å²) >= 11 is 0. The predicted octanol–water partition coefficient (Wildman–Crippen LogP) is 5.09. The molecule has 3 atom stereocenters. The monoisotopic (exact) mass is 528 g/mol. The zero-order valence-corrected chi connectivity index (χ0v) is 23.9. The number of rotatable bonds is 12. The van der Waals surface area contributed by atoms with Crippen molar-refractivity contribution in [1.82, 2.24) is 20.0 Å². The Morgan fingerprint density at radius 1 is 0.897 bits per heavy atom. The van der Waals surface area contributed by atoms with E-state index < -0.39 is 5.97 Å². The van der Waals surface area contributed by atoms with Crippen molar-refractivity contribution >= 4 is 5.97 Å². The molecule has 6 nitrogen and oxygen atoms in total. The van der Waals surface area contributed by atoms with Crippen molar-refractivity contribution in [1.29, 1.82) is 0 Å². The average Bonchev–Trinajstić information content (AvgIpc) is 2.91. The Labute approximate surface area is 234 Å². The van der Waals surface area contributed by atoms with Gasteiger partial charge < -0.3 is 15.3 Å². The van der Waals surface area contributed by atoms with Gasteiger partial charge in [0.15, 0.2) is 0 Å². The molecule has 4 rings (SSSR count). The number of piperazine rings is 1. The van der Waals surface area contributed by atoms with Gasteiger partial charge in [-0.15, -0.1) is 0 Å². The molecule has 0 aliphatic carbocycles. The van der Waals surface area contributed by atoms with Crippen molar-refractivity contribution in [3.63, 3.8) is 0 Å². The van der Waals surface area contributed by atoms with Gasteiger partial charge in [0.1, 0.15) is 0 Å². The van der Waals surface area contributed by atoms with Crippen molar-refractivity contribution in [2.24, 2.45) is 0 Å². The molecule has 1 saturated heterocycles. The first kappa shape index (κ1) is 29.0. The molecule has 3 aromatic carbocycles. The molecule has 1 fully saturated rings. The van der Waals surface area contributed by atoms with Crippen LogP contribution in [0.3, 0.4) is 0 Å². The molecule has 1 aliphatic heterocycles. The quantitative estimate of drug-likeness (QED) is 0.342. The Morgan fingerprint density at radius 3 is 2.21 bits per heavy atom. The van der Waals surface area contributed by atoms with Gasteiger partial charge >= 0.3 is 5.97 Å². The number of benzene rings is 3. The molecule has 6 heteroatoms. The van der Waals surface area contributed by atoms with Gasteiger partial charge in [-0.2, -0.15) is 0 Å². The van der Waals surface area contributed by atoms with Crippen LogP contribution >= 0.6 is 0 Å². The maximum atomic E-state index is 11.1. The second-order valence-electron chi connectivity index (χ2n) is 11.4. The van der Waals surface area contributed by atoms with Crippen LogP contribution in [0.5, 0.6) is 0 Å². The number of carboxylic acid groups (broad SMARTS) is 1. The molecule has 2 N–H and O–H groups in total. The van der Waals surface area contributed by atoms with Gasteiger partial charge in [0.05, 0.1) is 5.56 Å². The third-order valence-corrected chi connectivity index (χ3v) is 7.68. The average molecular weight is 529 g/mol. The van der Waals surface area contributed by atoms with E-state index in [-0.39, 0.29) is 0 Å². The minimum absolute atomic E-state index is 0.340. The summed E-state index contributed by atoms with van der Waals surface area (Å²) in [6.07, 6.45) is 0. The molecule has 1 aliphatic rings. The Kier molecular flexibility index (Phi) is 10.3. The number of likely N-dealkylation sites (N-methyl/N-ethyl adjacent to an activating group) is 1. The van der Waals surface area contributed by atoms with Gasteiger partial charge in [-0.3, -0.25) is 9.80 Å². The summed E-state index contributed by atoms with van der Waals surface area (Å²) in [7, 11) is 2.18. The predicted molar refractivity (Wildman–Crippen MR) is 159 cm³/mol. The van der Waals surface area contributed by atoms with Gasteiger partial charge in [0.2, 0.25) is 0 Å². The molecule has 1 heterocycles. The lowest BCUT2D eigenvalue weighted by Crippen LogP contribution is -2.55. The maximum absolute atomic E-state index is 11.1. The fourth-order valence-electron chi connectivity index (χ4n) is 5.75. The molecule has 0 bridgehead atoms. The fourth-order valence-corrected chi connectivity index (χ4v) is 5.75. The first-order valence-electron chi connectivity index (χ1n) is 14.1. The molecule has 0 saturated carbocycles. The molecular weight excluding hydrogens is 484 g/mol. The van der Waals surface area contributed by atoms with E-state index in [1.54, 1.807) is 12.1 Å². The number of aromatic carboxylic acids is 1. The first-order valence-corrected chi connectivity index (χ1v) is 14.1. The molecular formula is C33H44N4O2. The van der Waals surface area contributed by atoms with Crippen LogP contribution in [-0.2, 0) is 26.2 Å². The van der Waals surface area contributed by atoms with Crippen molar-refractivity contribution in [2.75, 3.05) is 26.7 Å². The number of hydrogen-bond donors (Lipinski definition) is 2. The van der Waals surface area contributed by atoms with Crippen LogP contribution in [0.4, 0.5) is 0 Å². The van der Waals surface area contributed by atoms with E-state index in [1.807, 2.05) is 12.1 Å². The van der Waals surface area contributed by atoms with E-state index in [1.165, 1.54) is 16.7 Å². The Bertz CT molecular complexity index is 1170. The van der Waals surface area contributed by atoms with Crippen LogP contribution in [0.2, 0.25) is 0 Å². The summed E-state index contributed by atoms with van der Waals surface area (Å²) in [5, 5.41) is 12.9. The second-order valence-corrected chi connectivity index (χ2v) is 11.4. The lowest BCUT2D eigenvalue weighted by molar-refractivity contribution is 0.0290. The van der Waals surface area contributed by atoms with Gasteiger partial charge in [0.25, 0.3) is 0 Å². The largest absolute Gasteiger partial charge is 0.478 e. The maximum Gasteiger partial charge on any atom is 0.335 e. The van der Waals surface area contributed by atoms with Crippen molar-refractivity contribution < 1.29 is 9.90 Å². The van der Waals surface area contributed by atoms with Crippen LogP contribution in [0.15, 0.2) is 78.9 Å². The van der Waals surface area contributed by atoms with E-state index in [4.69, 9.17) is 5.11 Å². The van der Waals surface area contributed by atoms with Crippen LogP contribution in [0.25, 0.3) is 0 Å². The van der Waals surface area contributed by atoms with Crippen molar-refractivity contribution in [2.45, 2.75) is 65.1 Å². The topological polar surface area (TPSA) is 59.0 Å². The summed E-state index contributed by atoms with van der Waals surface area (Å²) < 4.78 is 0. The third kappa shape index (κ3) is 8.73. The van der Waals surface area contributed by atoms with Crippen molar-refractivity contribution in [3.05, 3.63) is 107 Å². The Balaban J connectivity index is 1.25. The molecule has 39 heavy (non-hydrogen) atoms. The highest BCUT2D eigenvalue weighted by atomic mass is 16.4. The number of hydrogen-bond acceptors (Lipinski definition) is 5. The Hall–Kier alpha value is -3.03. The van der Waals surface area contributed by atoms with E-state index in [0.29, 0.717) is 23.7 Å². The highest BCUT2D eigenvalue weighted by Crippen LogP contribution is 2.21. The molecule has 208 valence electrons. The summed E-state index contributed by atoms with van der Waals surface area (Å²) in [4.78, 5) is 18.6. The van der Waals surface area contributed by atoms with Crippen LogP contribution in [-0.4, -0.2) is 70.6 Å². The highest BCUT2D eigenvalue weighted by Gasteiger charge is 2.29. The van der Waals surface area contributed by atoms with Gasteiger partial charge in [-0.25, -0.2) is 4.79 Å². The summed E-state index contributed by atoms with van der Waals surface area (Å²) in [5.74, 6) is -0.877. The van der Waals surface area contributed by atoms with Crippen LogP contribution in [0.1, 0.15) is 53.4 Å². The fraction of sp³-hybridized carbons (Fsp3) is 0.424. The molecule has 0 aromatic heterocycles. The molecule has 0 amide bonds. The Morgan fingerprint density at radius 2 is 1.54 bits per heavy atom. The lowest BCUT2D eigenvalue weighted by Gasteiger charge is -2.44. The van der Waals surface area contributed by atoms with E-state index in [0.717, 1.165) is 51.4 Å². The molecule has 3 aromatic rings. The van der Waals surface area contributed by atoms with Gasteiger partial charge in [0, 0.05) is 63.9 Å². The zero-order valence-electron chi connectivity index (χ0n) is 23.9. The SMILES string of the molecule is CC(CN(C)Cc1ccccc1)NCc1cccc(CN2[C@H](C)CN(Cc3ccc(C(=O)O)cc3)C[C@@H]2C)c1. The van der Waals surface area contributed by atoms with Gasteiger partial charge in [-0.1, -0.05) is 66.7 Å². The minimum atomic E-state index is -0.877. The summed E-state index contributed by atoms with van der Waals surface area (Å²) in [6, 6.07) is 28.2. The normalized spacial score (nSPS) is 19.3.